The van der Waals surface area contributed by atoms with Crippen molar-refractivity contribution in [2.24, 2.45) is 0 Å². The quantitative estimate of drug-likeness (QED) is 0.503. The highest BCUT2D eigenvalue weighted by Gasteiger charge is 2.27. The van der Waals surface area contributed by atoms with Crippen molar-refractivity contribution in [3.63, 3.8) is 0 Å². The summed E-state index contributed by atoms with van der Waals surface area (Å²) in [6.07, 6.45) is 1.94. The van der Waals surface area contributed by atoms with Gasteiger partial charge in [-0.05, 0) is 55.6 Å². The Bertz CT molecular complexity index is 1160. The molecule has 162 valence electrons. The maximum Gasteiger partial charge on any atom is 0.264 e. The second-order valence-corrected chi connectivity index (χ2v) is 9.55. The molecule has 3 aromatic carbocycles. The number of sulfonamides is 1. The molecule has 0 aliphatic rings. The van der Waals surface area contributed by atoms with Gasteiger partial charge in [0.15, 0.2) is 0 Å². The number of carbonyl (C=O) groups excluding carboxylic acids is 1. The van der Waals surface area contributed by atoms with E-state index in [-0.39, 0.29) is 11.4 Å². The van der Waals surface area contributed by atoms with Gasteiger partial charge in [0.25, 0.3) is 10.0 Å². The maximum absolute atomic E-state index is 13.4. The predicted octanol–water partition coefficient (Wildman–Crippen LogP) is 4.56. The first-order chi connectivity index (χ1) is 14.8. The molecule has 8 heteroatoms. The summed E-state index contributed by atoms with van der Waals surface area (Å²) in [6.45, 7) is 1.50. The number of nitrogens with zero attached hydrogens (tertiary/aromatic N) is 1. The zero-order valence-corrected chi connectivity index (χ0v) is 19.2. The lowest BCUT2D eigenvalue weighted by Gasteiger charge is -2.24. The van der Waals surface area contributed by atoms with Crippen molar-refractivity contribution < 1.29 is 17.9 Å². The Labute approximate surface area is 187 Å². The molecule has 0 aliphatic heterocycles. The highest BCUT2D eigenvalue weighted by Crippen LogP contribution is 2.27. The number of rotatable bonds is 8. The van der Waals surface area contributed by atoms with E-state index in [2.05, 4.69) is 5.32 Å². The fourth-order valence-corrected chi connectivity index (χ4v) is 4.82. The first-order valence-electron chi connectivity index (χ1n) is 9.51. The molecule has 0 bridgehead atoms. The molecule has 0 fully saturated rings. The monoisotopic (exact) mass is 456 g/mol. The molecule has 0 saturated carbocycles. The molecule has 0 aliphatic carbocycles. The molecule has 0 aromatic heterocycles. The molecule has 6 nitrogen and oxygen atoms in total. The molecule has 0 spiro atoms. The molecule has 0 heterocycles. The lowest BCUT2D eigenvalue weighted by atomic mass is 10.2. The van der Waals surface area contributed by atoms with Gasteiger partial charge in [0.1, 0.15) is 12.3 Å². The van der Waals surface area contributed by atoms with E-state index in [0.717, 1.165) is 14.8 Å². The lowest BCUT2D eigenvalue weighted by Crippen LogP contribution is -2.38. The predicted molar refractivity (Wildman–Crippen MR) is 126 cm³/mol. The van der Waals surface area contributed by atoms with Gasteiger partial charge in [-0.15, -0.1) is 11.8 Å². The number of thioether (sulfide) groups is 1. The normalized spacial score (nSPS) is 11.1. The zero-order chi connectivity index (χ0) is 22.4. The fourth-order valence-electron chi connectivity index (χ4n) is 2.95. The van der Waals surface area contributed by atoms with Crippen LogP contribution in [0.1, 0.15) is 5.56 Å². The van der Waals surface area contributed by atoms with Crippen LogP contribution in [0.15, 0.2) is 82.6 Å². The van der Waals surface area contributed by atoms with Crippen LogP contribution in [0.5, 0.6) is 5.75 Å². The van der Waals surface area contributed by atoms with Crippen molar-refractivity contribution in [1.29, 1.82) is 0 Å². The van der Waals surface area contributed by atoms with Crippen LogP contribution < -0.4 is 14.4 Å². The van der Waals surface area contributed by atoms with Gasteiger partial charge in [-0.1, -0.05) is 29.8 Å². The van der Waals surface area contributed by atoms with Crippen molar-refractivity contribution in [2.45, 2.75) is 16.7 Å². The SMILES string of the molecule is COc1cccc(N(CC(=O)Nc2cccc(SC)c2)S(=O)(=O)c2ccc(C)cc2)c1. The van der Waals surface area contributed by atoms with E-state index in [9.17, 15) is 13.2 Å². The van der Waals surface area contributed by atoms with Gasteiger partial charge < -0.3 is 10.1 Å². The minimum atomic E-state index is -3.98. The van der Waals surface area contributed by atoms with Crippen molar-refractivity contribution in [1.82, 2.24) is 0 Å². The maximum atomic E-state index is 13.4. The molecule has 3 rings (SSSR count). The van der Waals surface area contributed by atoms with Gasteiger partial charge in [0.05, 0.1) is 17.7 Å². The largest absolute Gasteiger partial charge is 0.497 e. The van der Waals surface area contributed by atoms with Gasteiger partial charge in [-0.2, -0.15) is 0 Å². The van der Waals surface area contributed by atoms with Crippen LogP contribution in [0.2, 0.25) is 0 Å². The van der Waals surface area contributed by atoms with Gasteiger partial charge in [-0.3, -0.25) is 9.10 Å². The van der Waals surface area contributed by atoms with Gasteiger partial charge in [0, 0.05) is 16.6 Å². The summed E-state index contributed by atoms with van der Waals surface area (Å²) in [4.78, 5) is 13.9. The Kier molecular flexibility index (Phi) is 7.25. The van der Waals surface area contributed by atoms with Crippen molar-refractivity contribution in [3.05, 3.63) is 78.4 Å². The summed E-state index contributed by atoms with van der Waals surface area (Å²) in [7, 11) is -2.48. The molecule has 0 unspecified atom stereocenters. The fraction of sp³-hybridized carbons (Fsp3) is 0.174. The van der Waals surface area contributed by atoms with Crippen LogP contribution in [0.3, 0.4) is 0 Å². The Morgan fingerprint density at radius 2 is 1.74 bits per heavy atom. The third kappa shape index (κ3) is 5.59. The minimum absolute atomic E-state index is 0.109. The number of anilines is 2. The number of hydrogen-bond donors (Lipinski definition) is 1. The highest BCUT2D eigenvalue weighted by atomic mass is 32.2. The summed E-state index contributed by atoms with van der Waals surface area (Å²) in [5, 5.41) is 2.79. The molecular formula is C23H24N2O4S2. The average molecular weight is 457 g/mol. The summed E-state index contributed by atoms with van der Waals surface area (Å²) >= 11 is 1.56. The van der Waals surface area contributed by atoms with Gasteiger partial charge in [-0.25, -0.2) is 8.42 Å². The zero-order valence-electron chi connectivity index (χ0n) is 17.5. The molecule has 31 heavy (non-hydrogen) atoms. The Balaban J connectivity index is 1.95. The van der Waals surface area contributed by atoms with E-state index in [4.69, 9.17) is 4.74 Å². The van der Waals surface area contributed by atoms with Gasteiger partial charge >= 0.3 is 0 Å². The first-order valence-corrected chi connectivity index (χ1v) is 12.2. The topological polar surface area (TPSA) is 75.7 Å². The van der Waals surface area contributed by atoms with E-state index in [1.165, 1.54) is 19.2 Å². The molecule has 1 amide bonds. The molecule has 0 saturated heterocycles. The number of amides is 1. The summed E-state index contributed by atoms with van der Waals surface area (Å²) in [5.74, 6) is 0.0476. The standard InChI is InChI=1S/C23H24N2O4S2/c1-17-10-12-22(13-11-17)31(27,28)25(19-7-5-8-20(15-19)29-2)16-23(26)24-18-6-4-9-21(14-18)30-3/h4-15H,16H2,1-3H3,(H,24,26). The molecule has 1 N–H and O–H groups in total. The van der Waals surface area contributed by atoms with Crippen LogP contribution in [-0.2, 0) is 14.8 Å². The van der Waals surface area contributed by atoms with Crippen molar-refractivity contribution >= 4 is 39.1 Å². The number of ether oxygens (including phenoxy) is 1. The van der Waals surface area contributed by atoms with Crippen LogP contribution in [0.25, 0.3) is 0 Å². The molecule has 0 atom stereocenters. The smallest absolute Gasteiger partial charge is 0.264 e. The lowest BCUT2D eigenvalue weighted by molar-refractivity contribution is -0.114. The number of hydrogen-bond acceptors (Lipinski definition) is 5. The van der Waals surface area contributed by atoms with Crippen LogP contribution in [-0.4, -0.2) is 34.2 Å². The number of carbonyl (C=O) groups is 1. The van der Waals surface area contributed by atoms with Crippen LogP contribution in [0, 0.1) is 6.92 Å². The molecule has 0 radical (unpaired) electrons. The number of aryl methyl sites for hydroxylation is 1. The van der Waals surface area contributed by atoms with Crippen LogP contribution >= 0.6 is 11.8 Å². The Morgan fingerprint density at radius 1 is 1.03 bits per heavy atom. The molecular weight excluding hydrogens is 432 g/mol. The second kappa shape index (κ2) is 9.89. The number of methoxy groups -OCH3 is 1. The molecule has 3 aromatic rings. The van der Waals surface area contributed by atoms with E-state index in [1.807, 2.05) is 31.4 Å². The van der Waals surface area contributed by atoms with E-state index < -0.39 is 15.9 Å². The average Bonchev–Trinajstić information content (AvgIpc) is 2.77. The van der Waals surface area contributed by atoms with Gasteiger partial charge in [0.2, 0.25) is 5.91 Å². The Hall–Kier alpha value is -2.97. The summed E-state index contributed by atoms with van der Waals surface area (Å²) in [5.41, 5.74) is 1.89. The highest BCUT2D eigenvalue weighted by molar-refractivity contribution is 7.98. The third-order valence-corrected chi connectivity index (χ3v) is 7.10. The van der Waals surface area contributed by atoms with Crippen LogP contribution in [0.4, 0.5) is 11.4 Å². The van der Waals surface area contributed by atoms with Crippen molar-refractivity contribution in [3.8, 4) is 5.75 Å². The van der Waals surface area contributed by atoms with E-state index in [1.54, 1.807) is 54.2 Å². The Morgan fingerprint density at radius 3 is 2.42 bits per heavy atom. The second-order valence-electron chi connectivity index (χ2n) is 6.81. The third-order valence-electron chi connectivity index (χ3n) is 4.59. The summed E-state index contributed by atoms with van der Waals surface area (Å²) < 4.78 is 33.2. The number of nitrogens with one attached hydrogen (secondary N) is 1. The summed E-state index contributed by atoms with van der Waals surface area (Å²) in [6, 6.07) is 20.5. The number of benzene rings is 3. The van der Waals surface area contributed by atoms with E-state index >= 15 is 0 Å². The minimum Gasteiger partial charge on any atom is -0.497 e. The van der Waals surface area contributed by atoms with Crippen molar-refractivity contribution in [2.75, 3.05) is 29.5 Å². The van der Waals surface area contributed by atoms with E-state index in [0.29, 0.717) is 17.1 Å². The first kappa shape index (κ1) is 22.7.